The molecule has 0 amide bonds. The van der Waals surface area contributed by atoms with E-state index in [1.165, 1.54) is 5.56 Å². The summed E-state index contributed by atoms with van der Waals surface area (Å²) >= 11 is 0. The molecule has 3 N–H and O–H groups in total. The first-order valence-electron chi connectivity index (χ1n) is 4.96. The lowest BCUT2D eigenvalue weighted by Gasteiger charge is -2.21. The maximum Gasteiger partial charge on any atom is 0.0485 e. The normalized spacial score (nSPS) is 11.7. The minimum Gasteiger partial charge on any atom is -0.396 e. The van der Waals surface area contributed by atoms with Gasteiger partial charge in [0.15, 0.2) is 0 Å². The van der Waals surface area contributed by atoms with E-state index < -0.39 is 0 Å². The highest BCUT2D eigenvalue weighted by atomic mass is 16.3. The van der Waals surface area contributed by atoms with Gasteiger partial charge in [-0.1, -0.05) is 38.1 Å². The van der Waals surface area contributed by atoms with Gasteiger partial charge in [-0.2, -0.15) is 0 Å². The summed E-state index contributed by atoms with van der Waals surface area (Å²) in [5.74, 6) is 0. The second kappa shape index (κ2) is 4.58. The smallest absolute Gasteiger partial charge is 0.0485 e. The molecule has 0 heterocycles. The van der Waals surface area contributed by atoms with Crippen LogP contribution < -0.4 is 5.73 Å². The van der Waals surface area contributed by atoms with Crippen molar-refractivity contribution in [3.05, 3.63) is 35.4 Å². The summed E-state index contributed by atoms with van der Waals surface area (Å²) in [4.78, 5) is 0. The fraction of sp³-hybridized carbons (Fsp3) is 0.500. The van der Waals surface area contributed by atoms with Gasteiger partial charge in [0.25, 0.3) is 0 Å². The van der Waals surface area contributed by atoms with Gasteiger partial charge in [0.1, 0.15) is 0 Å². The molecule has 14 heavy (non-hydrogen) atoms. The average Bonchev–Trinajstić information content (AvgIpc) is 2.17. The predicted molar refractivity (Wildman–Crippen MR) is 58.9 cm³/mol. The molecular formula is C12H19NO. The van der Waals surface area contributed by atoms with Gasteiger partial charge in [0, 0.05) is 13.2 Å². The number of nitrogens with two attached hydrogens (primary N) is 1. The van der Waals surface area contributed by atoms with Gasteiger partial charge in [-0.15, -0.1) is 0 Å². The van der Waals surface area contributed by atoms with E-state index in [9.17, 15) is 0 Å². The van der Waals surface area contributed by atoms with E-state index in [0.29, 0.717) is 6.54 Å². The van der Waals surface area contributed by atoms with E-state index in [0.717, 1.165) is 12.0 Å². The number of aliphatic hydroxyl groups excluding tert-OH is 1. The molecule has 0 fully saturated rings. The first-order chi connectivity index (χ1) is 6.57. The summed E-state index contributed by atoms with van der Waals surface area (Å²) in [5, 5.41) is 9.16. The molecule has 0 saturated heterocycles. The van der Waals surface area contributed by atoms with E-state index in [-0.39, 0.29) is 12.0 Å². The summed E-state index contributed by atoms with van der Waals surface area (Å²) in [6, 6.07) is 8.23. The van der Waals surface area contributed by atoms with Crippen molar-refractivity contribution in [3.8, 4) is 0 Å². The van der Waals surface area contributed by atoms with E-state index in [2.05, 4.69) is 26.0 Å². The third kappa shape index (κ3) is 3.13. The van der Waals surface area contributed by atoms with E-state index in [1.54, 1.807) is 0 Å². The van der Waals surface area contributed by atoms with E-state index >= 15 is 0 Å². The van der Waals surface area contributed by atoms with Gasteiger partial charge < -0.3 is 10.8 Å². The Morgan fingerprint density at radius 1 is 1.29 bits per heavy atom. The van der Waals surface area contributed by atoms with Crippen LogP contribution in [0.2, 0.25) is 0 Å². The largest absolute Gasteiger partial charge is 0.396 e. The Balaban J connectivity index is 2.76. The Hall–Kier alpha value is -0.860. The molecule has 2 heteroatoms. The zero-order chi connectivity index (χ0) is 10.6. The maximum absolute atomic E-state index is 9.16. The molecule has 0 unspecified atom stereocenters. The first-order valence-corrected chi connectivity index (χ1v) is 4.96. The Kier molecular flexibility index (Phi) is 3.67. The Morgan fingerprint density at radius 2 is 1.93 bits per heavy atom. The highest BCUT2D eigenvalue weighted by Crippen LogP contribution is 2.21. The summed E-state index contributed by atoms with van der Waals surface area (Å²) in [7, 11) is 0. The summed E-state index contributed by atoms with van der Waals surface area (Å²) in [6.45, 7) is 4.90. The van der Waals surface area contributed by atoms with Crippen LogP contribution in [0, 0.1) is 5.41 Å². The van der Waals surface area contributed by atoms with Crippen molar-refractivity contribution in [2.24, 2.45) is 11.1 Å². The van der Waals surface area contributed by atoms with Gasteiger partial charge in [0.05, 0.1) is 0 Å². The van der Waals surface area contributed by atoms with Crippen LogP contribution in [0.15, 0.2) is 24.3 Å². The zero-order valence-corrected chi connectivity index (χ0v) is 8.96. The molecule has 2 nitrogen and oxygen atoms in total. The van der Waals surface area contributed by atoms with Crippen LogP contribution in [-0.2, 0) is 13.0 Å². The standard InChI is InChI=1S/C12H19NO/c1-12(2,9-14)7-10-4-3-5-11(6-10)8-13/h3-6,14H,7-9,13H2,1-2H3. The van der Waals surface area contributed by atoms with Gasteiger partial charge >= 0.3 is 0 Å². The van der Waals surface area contributed by atoms with E-state index in [1.807, 2.05) is 12.1 Å². The Labute approximate surface area is 85.8 Å². The van der Waals surface area contributed by atoms with E-state index in [4.69, 9.17) is 10.8 Å². The molecule has 0 radical (unpaired) electrons. The molecule has 0 spiro atoms. The molecule has 1 rings (SSSR count). The summed E-state index contributed by atoms with van der Waals surface area (Å²) in [5.41, 5.74) is 7.91. The van der Waals surface area contributed by atoms with Gasteiger partial charge in [-0.3, -0.25) is 0 Å². The Bertz CT molecular complexity index is 294. The van der Waals surface area contributed by atoms with Crippen LogP contribution in [0.4, 0.5) is 0 Å². The fourth-order valence-electron chi connectivity index (χ4n) is 1.48. The van der Waals surface area contributed by atoms with Crippen molar-refractivity contribution >= 4 is 0 Å². The lowest BCUT2D eigenvalue weighted by Crippen LogP contribution is -2.19. The molecule has 0 atom stereocenters. The SMILES string of the molecule is CC(C)(CO)Cc1cccc(CN)c1. The number of aliphatic hydroxyl groups is 1. The third-order valence-corrected chi connectivity index (χ3v) is 2.34. The number of hydrogen-bond acceptors (Lipinski definition) is 2. The molecule has 1 aromatic carbocycles. The minimum atomic E-state index is -0.0484. The molecule has 0 saturated carbocycles. The van der Waals surface area contributed by atoms with Crippen LogP contribution in [-0.4, -0.2) is 11.7 Å². The molecule has 0 bridgehead atoms. The summed E-state index contributed by atoms with van der Waals surface area (Å²) in [6.07, 6.45) is 0.886. The van der Waals surface area contributed by atoms with Gasteiger partial charge in [-0.25, -0.2) is 0 Å². The molecule has 78 valence electrons. The number of hydrogen-bond donors (Lipinski definition) is 2. The second-order valence-electron chi connectivity index (χ2n) is 4.52. The van der Waals surface area contributed by atoms with Gasteiger partial charge in [0.2, 0.25) is 0 Å². The van der Waals surface area contributed by atoms with Crippen LogP contribution >= 0.6 is 0 Å². The van der Waals surface area contributed by atoms with Crippen molar-refractivity contribution < 1.29 is 5.11 Å². The molecule has 0 aromatic heterocycles. The number of rotatable bonds is 4. The second-order valence-corrected chi connectivity index (χ2v) is 4.52. The van der Waals surface area contributed by atoms with Crippen molar-refractivity contribution in [1.29, 1.82) is 0 Å². The van der Waals surface area contributed by atoms with Crippen molar-refractivity contribution in [3.63, 3.8) is 0 Å². The van der Waals surface area contributed by atoms with Crippen LogP contribution in [0.3, 0.4) is 0 Å². The summed E-state index contributed by atoms with van der Waals surface area (Å²) < 4.78 is 0. The monoisotopic (exact) mass is 193 g/mol. The highest BCUT2D eigenvalue weighted by Gasteiger charge is 2.16. The minimum absolute atomic E-state index is 0.0484. The van der Waals surface area contributed by atoms with Crippen molar-refractivity contribution in [1.82, 2.24) is 0 Å². The molecule has 0 aliphatic carbocycles. The predicted octanol–water partition coefficient (Wildman–Crippen LogP) is 1.71. The van der Waals surface area contributed by atoms with Crippen LogP contribution in [0.25, 0.3) is 0 Å². The Morgan fingerprint density at radius 3 is 2.50 bits per heavy atom. The molecule has 0 aliphatic rings. The van der Waals surface area contributed by atoms with Crippen LogP contribution in [0.5, 0.6) is 0 Å². The quantitative estimate of drug-likeness (QED) is 0.764. The number of benzene rings is 1. The average molecular weight is 193 g/mol. The molecule has 1 aromatic rings. The first kappa shape index (κ1) is 11.2. The lowest BCUT2D eigenvalue weighted by atomic mass is 9.86. The zero-order valence-electron chi connectivity index (χ0n) is 8.96. The van der Waals surface area contributed by atoms with Crippen molar-refractivity contribution in [2.75, 3.05) is 6.61 Å². The molecule has 0 aliphatic heterocycles. The van der Waals surface area contributed by atoms with Gasteiger partial charge in [-0.05, 0) is 23.0 Å². The van der Waals surface area contributed by atoms with Crippen LogP contribution in [0.1, 0.15) is 25.0 Å². The topological polar surface area (TPSA) is 46.2 Å². The molecular weight excluding hydrogens is 174 g/mol. The third-order valence-electron chi connectivity index (χ3n) is 2.34. The highest BCUT2D eigenvalue weighted by molar-refractivity contribution is 5.24. The maximum atomic E-state index is 9.16. The lowest BCUT2D eigenvalue weighted by molar-refractivity contribution is 0.159. The fourth-order valence-corrected chi connectivity index (χ4v) is 1.48. The van der Waals surface area contributed by atoms with Crippen molar-refractivity contribution in [2.45, 2.75) is 26.8 Å².